The molecule has 43 heavy (non-hydrogen) atoms. The average molecular weight is 589 g/mol. The predicted octanol–water partition coefficient (Wildman–Crippen LogP) is 8.11. The topological polar surface area (TPSA) is 79.7 Å². The summed E-state index contributed by atoms with van der Waals surface area (Å²) in [5.74, 6) is -1.03. The molecule has 0 spiro atoms. The highest BCUT2D eigenvalue weighted by Gasteiger charge is 2.48. The molecular weight excluding hydrogens is 556 g/mol. The van der Waals surface area contributed by atoms with E-state index in [9.17, 15) is 14.7 Å². The lowest BCUT2D eigenvalue weighted by Crippen LogP contribution is -2.29. The van der Waals surface area contributed by atoms with Gasteiger partial charge in [0.25, 0.3) is 5.78 Å². The van der Waals surface area contributed by atoms with Gasteiger partial charge in [-0.1, -0.05) is 98.8 Å². The number of carbonyl (C=O) groups excluding carboxylic acids is 2. The van der Waals surface area contributed by atoms with Crippen LogP contribution in [-0.2, 0) is 21.6 Å². The Kier molecular flexibility index (Phi) is 7.36. The minimum atomic E-state index is -0.844. The van der Waals surface area contributed by atoms with Gasteiger partial charge in [-0.25, -0.2) is 4.98 Å². The number of ketones is 1. The SMILES string of the molecule is Cc1cc(/C(O)=C2\C(=O)C(=O)N(c3nc4ccccc4s3)C2c2ccc(C(C)(C)C)cc2)ccc1OCc1ccccc1. The molecule has 1 aliphatic rings. The molecule has 7 heteroatoms. The summed E-state index contributed by atoms with van der Waals surface area (Å²) in [4.78, 5) is 33.5. The van der Waals surface area contributed by atoms with Crippen molar-refractivity contribution < 1.29 is 19.4 Å². The predicted molar refractivity (Wildman–Crippen MR) is 171 cm³/mol. The summed E-state index contributed by atoms with van der Waals surface area (Å²) in [5.41, 5.74) is 4.81. The summed E-state index contributed by atoms with van der Waals surface area (Å²) >= 11 is 1.34. The van der Waals surface area contributed by atoms with Crippen molar-refractivity contribution in [3.8, 4) is 5.75 Å². The minimum absolute atomic E-state index is 0.0325. The maximum Gasteiger partial charge on any atom is 0.301 e. The number of hydrogen-bond acceptors (Lipinski definition) is 6. The van der Waals surface area contributed by atoms with E-state index in [4.69, 9.17) is 9.72 Å². The first-order valence-electron chi connectivity index (χ1n) is 14.2. The zero-order valence-corrected chi connectivity index (χ0v) is 25.3. The molecule has 1 saturated heterocycles. The van der Waals surface area contributed by atoms with Crippen molar-refractivity contribution in [2.75, 3.05) is 4.90 Å². The fourth-order valence-corrected chi connectivity index (χ4v) is 6.32. The highest BCUT2D eigenvalue weighted by atomic mass is 32.1. The van der Waals surface area contributed by atoms with Crippen LogP contribution in [-0.4, -0.2) is 21.8 Å². The maximum absolute atomic E-state index is 13.7. The normalized spacial score (nSPS) is 16.7. The molecular formula is C36H32N2O4S. The lowest BCUT2D eigenvalue weighted by Gasteiger charge is -2.25. The Morgan fingerprint density at radius 1 is 0.930 bits per heavy atom. The number of anilines is 1. The number of aliphatic hydroxyl groups is 1. The number of aliphatic hydroxyl groups excluding tert-OH is 1. The molecule has 2 heterocycles. The number of hydrogen-bond donors (Lipinski definition) is 1. The van der Waals surface area contributed by atoms with Gasteiger partial charge in [0.1, 0.15) is 18.1 Å². The summed E-state index contributed by atoms with van der Waals surface area (Å²) in [6, 6.07) is 29.8. The molecule has 1 fully saturated rings. The molecule has 1 atom stereocenters. The largest absolute Gasteiger partial charge is 0.507 e. The van der Waals surface area contributed by atoms with Crippen molar-refractivity contribution in [3.05, 3.63) is 130 Å². The van der Waals surface area contributed by atoms with Crippen LogP contribution in [0.5, 0.6) is 5.75 Å². The van der Waals surface area contributed by atoms with Gasteiger partial charge < -0.3 is 9.84 Å². The van der Waals surface area contributed by atoms with E-state index in [2.05, 4.69) is 20.8 Å². The number of amides is 1. The lowest BCUT2D eigenvalue weighted by molar-refractivity contribution is -0.132. The monoisotopic (exact) mass is 588 g/mol. The minimum Gasteiger partial charge on any atom is -0.507 e. The third-order valence-electron chi connectivity index (χ3n) is 7.71. The van der Waals surface area contributed by atoms with Gasteiger partial charge in [0, 0.05) is 5.56 Å². The van der Waals surface area contributed by atoms with Crippen molar-refractivity contribution >= 4 is 44.1 Å². The van der Waals surface area contributed by atoms with Crippen molar-refractivity contribution in [3.63, 3.8) is 0 Å². The number of nitrogens with zero attached hydrogens (tertiary/aromatic N) is 2. The van der Waals surface area contributed by atoms with Crippen LogP contribution in [0.2, 0.25) is 0 Å². The van der Waals surface area contributed by atoms with E-state index in [0.717, 1.165) is 26.9 Å². The second-order valence-electron chi connectivity index (χ2n) is 11.8. The molecule has 0 aliphatic carbocycles. The molecule has 216 valence electrons. The smallest absolute Gasteiger partial charge is 0.301 e. The number of aromatic nitrogens is 1. The van der Waals surface area contributed by atoms with Gasteiger partial charge in [-0.15, -0.1) is 0 Å². The van der Waals surface area contributed by atoms with Gasteiger partial charge in [0.2, 0.25) is 0 Å². The zero-order chi connectivity index (χ0) is 30.3. The highest BCUT2D eigenvalue weighted by molar-refractivity contribution is 7.22. The number of benzene rings is 4. The number of rotatable bonds is 6. The highest BCUT2D eigenvalue weighted by Crippen LogP contribution is 2.45. The number of para-hydroxylation sites is 1. The molecule has 1 aromatic heterocycles. The van der Waals surface area contributed by atoms with E-state index in [1.54, 1.807) is 18.2 Å². The molecule has 0 saturated carbocycles. The molecule has 6 rings (SSSR count). The molecule has 1 amide bonds. The first-order chi connectivity index (χ1) is 20.6. The van der Waals surface area contributed by atoms with E-state index >= 15 is 0 Å². The van der Waals surface area contributed by atoms with Crippen LogP contribution in [0, 0.1) is 6.92 Å². The summed E-state index contributed by atoms with van der Waals surface area (Å²) < 4.78 is 6.93. The van der Waals surface area contributed by atoms with Crippen LogP contribution in [0.15, 0.2) is 103 Å². The number of fused-ring (bicyclic) bond motifs is 1. The standard InChI is InChI=1S/C36H32N2O4S/c1-22-20-25(16-19-28(22)42-21-23-10-6-5-7-11-23)32(39)30-31(24-14-17-26(18-15-24)36(2,3)4)38(34(41)33(30)40)35-37-27-12-8-9-13-29(27)43-35/h5-20,31,39H,21H2,1-4H3/b32-30+. The number of aryl methyl sites for hydroxylation is 1. The van der Waals surface area contributed by atoms with Crippen molar-refractivity contribution in [1.29, 1.82) is 0 Å². The number of ether oxygens (including phenoxy) is 1. The quantitative estimate of drug-likeness (QED) is 0.123. The van der Waals surface area contributed by atoms with E-state index < -0.39 is 17.7 Å². The van der Waals surface area contributed by atoms with Crippen molar-refractivity contribution in [2.24, 2.45) is 0 Å². The number of thiazole rings is 1. The van der Waals surface area contributed by atoms with E-state index in [1.165, 1.54) is 16.2 Å². The third kappa shape index (κ3) is 5.44. The molecule has 1 aliphatic heterocycles. The molecule has 1 N–H and O–H groups in total. The van der Waals surface area contributed by atoms with Crippen molar-refractivity contribution in [1.82, 2.24) is 4.98 Å². The van der Waals surface area contributed by atoms with Crippen molar-refractivity contribution in [2.45, 2.75) is 45.8 Å². The summed E-state index contributed by atoms with van der Waals surface area (Å²) in [5, 5.41) is 12.1. The molecule has 4 aromatic carbocycles. The third-order valence-corrected chi connectivity index (χ3v) is 8.75. The Morgan fingerprint density at radius 2 is 1.63 bits per heavy atom. The zero-order valence-electron chi connectivity index (χ0n) is 24.5. The van der Waals surface area contributed by atoms with Gasteiger partial charge in [-0.3, -0.25) is 14.5 Å². The van der Waals surface area contributed by atoms with Crippen LogP contribution < -0.4 is 9.64 Å². The number of carbonyl (C=O) groups is 2. The van der Waals surface area contributed by atoms with E-state index in [-0.39, 0.29) is 16.7 Å². The van der Waals surface area contributed by atoms with Crippen LogP contribution >= 0.6 is 11.3 Å². The first kappa shape index (κ1) is 28.4. The summed E-state index contributed by atoms with van der Waals surface area (Å²) in [6.45, 7) is 8.69. The maximum atomic E-state index is 13.7. The summed E-state index contributed by atoms with van der Waals surface area (Å²) in [6.07, 6.45) is 0. The van der Waals surface area contributed by atoms with E-state index in [1.807, 2.05) is 85.8 Å². The molecule has 6 nitrogen and oxygen atoms in total. The van der Waals surface area contributed by atoms with E-state index in [0.29, 0.717) is 28.6 Å². The molecule has 1 unspecified atom stereocenters. The molecule has 0 bridgehead atoms. The van der Waals surface area contributed by atoms with Gasteiger partial charge in [0.05, 0.1) is 21.8 Å². The van der Waals surface area contributed by atoms with Crippen LogP contribution in [0.3, 0.4) is 0 Å². The first-order valence-corrected chi connectivity index (χ1v) is 15.0. The average Bonchev–Trinajstić information content (AvgIpc) is 3.54. The Labute approximate surface area is 254 Å². The van der Waals surface area contributed by atoms with Crippen LogP contribution in [0.4, 0.5) is 5.13 Å². The van der Waals surface area contributed by atoms with Crippen LogP contribution in [0.25, 0.3) is 16.0 Å². The second kappa shape index (κ2) is 11.2. The fourth-order valence-electron chi connectivity index (χ4n) is 5.32. The summed E-state index contributed by atoms with van der Waals surface area (Å²) in [7, 11) is 0. The fraction of sp³-hybridized carbons (Fsp3) is 0.194. The Balaban J connectivity index is 1.43. The Morgan fingerprint density at radius 3 is 2.30 bits per heavy atom. The van der Waals surface area contributed by atoms with Gasteiger partial charge in [0.15, 0.2) is 5.13 Å². The molecule has 0 radical (unpaired) electrons. The lowest BCUT2D eigenvalue weighted by atomic mass is 9.85. The van der Waals surface area contributed by atoms with Crippen LogP contribution in [0.1, 0.15) is 54.6 Å². The Bertz CT molecular complexity index is 1830. The Hall–Kier alpha value is -4.75. The number of Topliss-reactive ketones (excluding diaryl/α,β-unsaturated/α-hetero) is 1. The van der Waals surface area contributed by atoms with Gasteiger partial charge in [-0.05, 0) is 64.9 Å². The second-order valence-corrected chi connectivity index (χ2v) is 12.8. The van der Waals surface area contributed by atoms with Gasteiger partial charge >= 0.3 is 5.91 Å². The molecule has 5 aromatic rings. The van der Waals surface area contributed by atoms with Gasteiger partial charge in [-0.2, -0.15) is 0 Å².